The predicted octanol–water partition coefficient (Wildman–Crippen LogP) is 1.45. The van der Waals surface area contributed by atoms with E-state index in [9.17, 15) is 9.59 Å². The van der Waals surface area contributed by atoms with Crippen molar-refractivity contribution in [2.75, 3.05) is 19.0 Å². The van der Waals surface area contributed by atoms with E-state index in [2.05, 4.69) is 17.5 Å². The van der Waals surface area contributed by atoms with Crippen molar-refractivity contribution in [3.63, 3.8) is 0 Å². The Morgan fingerprint density at radius 3 is 2.42 bits per heavy atom. The van der Waals surface area contributed by atoms with Crippen LogP contribution in [0.3, 0.4) is 0 Å². The highest BCUT2D eigenvalue weighted by atomic mass is 32.1. The van der Waals surface area contributed by atoms with Gasteiger partial charge in [-0.1, -0.05) is 24.4 Å². The molecule has 0 aromatic heterocycles. The summed E-state index contributed by atoms with van der Waals surface area (Å²) in [6.07, 6.45) is 3.64. The van der Waals surface area contributed by atoms with Gasteiger partial charge in [-0.2, -0.15) is 0 Å². The summed E-state index contributed by atoms with van der Waals surface area (Å²) in [6, 6.07) is 7.03. The smallest absolute Gasteiger partial charge is 0.244 e. The molecule has 4 nitrogen and oxygen atoms in total. The molecule has 0 bridgehead atoms. The van der Waals surface area contributed by atoms with E-state index >= 15 is 0 Å². The Morgan fingerprint density at radius 1 is 1.32 bits per heavy atom. The Bertz CT molecular complexity index is 473. The molecule has 0 aliphatic carbocycles. The van der Waals surface area contributed by atoms with E-state index in [4.69, 9.17) is 0 Å². The highest BCUT2D eigenvalue weighted by Crippen LogP contribution is 2.12. The lowest BCUT2D eigenvalue weighted by atomic mass is 10.2. The van der Waals surface area contributed by atoms with Crippen molar-refractivity contribution in [3.8, 4) is 0 Å². The molecule has 1 N–H and O–H groups in total. The van der Waals surface area contributed by atoms with Gasteiger partial charge in [0.15, 0.2) is 0 Å². The fourth-order valence-corrected chi connectivity index (χ4v) is 1.50. The zero-order valence-electron chi connectivity index (χ0n) is 10.9. The van der Waals surface area contributed by atoms with Gasteiger partial charge >= 0.3 is 0 Å². The van der Waals surface area contributed by atoms with Gasteiger partial charge in [-0.05, 0) is 23.8 Å². The van der Waals surface area contributed by atoms with Crippen LogP contribution >= 0.6 is 12.2 Å². The monoisotopic (exact) mass is 276 g/mol. The maximum atomic E-state index is 11.5. The van der Waals surface area contributed by atoms with Crippen LogP contribution in [0.5, 0.6) is 0 Å². The van der Waals surface area contributed by atoms with Gasteiger partial charge in [0.1, 0.15) is 12.3 Å². The molecule has 19 heavy (non-hydrogen) atoms. The van der Waals surface area contributed by atoms with Gasteiger partial charge in [0.25, 0.3) is 0 Å². The standard InChI is InChI=1S/C14H16N2O2S/c1-16(2)13-6-3-11(4-7-13)5-8-14(18)15-12(9-17)10-19/h3-10,12H,1-2H3,(H,15,18)/b8-5+/t12-/m0/s1. The molecule has 1 aromatic carbocycles. The second-order valence-electron chi connectivity index (χ2n) is 4.13. The van der Waals surface area contributed by atoms with Crippen LogP contribution in [0.4, 0.5) is 5.69 Å². The zero-order chi connectivity index (χ0) is 14.3. The predicted molar refractivity (Wildman–Crippen MR) is 81.5 cm³/mol. The van der Waals surface area contributed by atoms with E-state index in [0.717, 1.165) is 11.3 Å². The van der Waals surface area contributed by atoms with Crippen molar-refractivity contribution < 1.29 is 9.59 Å². The molecule has 0 heterocycles. The fourth-order valence-electron chi connectivity index (χ4n) is 1.37. The quantitative estimate of drug-likeness (QED) is 0.485. The van der Waals surface area contributed by atoms with E-state index in [1.807, 2.05) is 43.3 Å². The maximum absolute atomic E-state index is 11.5. The number of anilines is 1. The Labute approximate surface area is 118 Å². The molecule has 1 amide bonds. The van der Waals surface area contributed by atoms with Gasteiger partial charge < -0.3 is 15.0 Å². The third kappa shape index (κ3) is 5.01. The normalized spacial score (nSPS) is 11.9. The second kappa shape index (κ2) is 7.43. The van der Waals surface area contributed by atoms with Gasteiger partial charge in [-0.15, -0.1) is 0 Å². The maximum Gasteiger partial charge on any atom is 0.244 e. The summed E-state index contributed by atoms with van der Waals surface area (Å²) in [6.45, 7) is 0. The first-order valence-corrected chi connectivity index (χ1v) is 6.20. The number of nitrogens with zero attached hydrogens (tertiary/aromatic N) is 1. The van der Waals surface area contributed by atoms with E-state index in [1.165, 1.54) is 11.4 Å². The van der Waals surface area contributed by atoms with Crippen LogP contribution in [0.2, 0.25) is 0 Å². The molecule has 0 unspecified atom stereocenters. The van der Waals surface area contributed by atoms with Crippen molar-refractivity contribution in [1.29, 1.82) is 0 Å². The first-order valence-electron chi connectivity index (χ1n) is 5.73. The summed E-state index contributed by atoms with van der Waals surface area (Å²) in [4.78, 5) is 24.0. The lowest BCUT2D eigenvalue weighted by molar-refractivity contribution is -0.119. The Kier molecular flexibility index (Phi) is 5.89. The summed E-state index contributed by atoms with van der Waals surface area (Å²) in [5.41, 5.74) is 1.99. The van der Waals surface area contributed by atoms with Crippen LogP contribution in [0.15, 0.2) is 30.3 Å². The molecule has 0 saturated heterocycles. The largest absolute Gasteiger partial charge is 0.378 e. The van der Waals surface area contributed by atoms with Gasteiger partial charge in [0, 0.05) is 31.2 Å². The third-order valence-electron chi connectivity index (χ3n) is 2.44. The van der Waals surface area contributed by atoms with Gasteiger partial charge in [0.2, 0.25) is 5.91 Å². The minimum absolute atomic E-state index is 0.352. The van der Waals surface area contributed by atoms with Crippen LogP contribution in [-0.2, 0) is 9.59 Å². The van der Waals surface area contributed by atoms with E-state index in [-0.39, 0.29) is 5.91 Å². The van der Waals surface area contributed by atoms with E-state index in [1.54, 1.807) is 6.08 Å². The van der Waals surface area contributed by atoms with Crippen molar-refractivity contribution in [2.45, 2.75) is 6.04 Å². The van der Waals surface area contributed by atoms with Gasteiger partial charge in [-0.25, -0.2) is 0 Å². The molecular formula is C14H16N2O2S. The van der Waals surface area contributed by atoms with Crippen LogP contribution in [0, 0.1) is 0 Å². The minimum atomic E-state index is -0.719. The zero-order valence-corrected chi connectivity index (χ0v) is 11.7. The van der Waals surface area contributed by atoms with Crippen LogP contribution in [0.25, 0.3) is 6.08 Å². The Balaban J connectivity index is 2.63. The number of nitrogens with one attached hydrogen (secondary N) is 1. The van der Waals surface area contributed by atoms with Gasteiger partial charge in [-0.3, -0.25) is 4.79 Å². The lowest BCUT2D eigenvalue weighted by Crippen LogP contribution is -2.35. The molecule has 0 saturated carbocycles. The molecular weight excluding hydrogens is 260 g/mol. The molecule has 1 aromatic rings. The minimum Gasteiger partial charge on any atom is -0.378 e. The Morgan fingerprint density at radius 2 is 1.95 bits per heavy atom. The van der Waals surface area contributed by atoms with E-state index < -0.39 is 6.04 Å². The number of hydrogen-bond donors (Lipinski definition) is 1. The molecule has 0 fully saturated rings. The number of thiocarbonyl (C=S) groups is 1. The first-order chi connectivity index (χ1) is 9.06. The summed E-state index contributed by atoms with van der Waals surface area (Å²) < 4.78 is 0. The average molecular weight is 276 g/mol. The second-order valence-corrected chi connectivity index (χ2v) is 4.40. The average Bonchev–Trinajstić information content (AvgIpc) is 2.43. The summed E-state index contributed by atoms with van der Waals surface area (Å²) in [5, 5.41) is 3.67. The van der Waals surface area contributed by atoms with Crippen molar-refractivity contribution >= 4 is 41.5 Å². The number of aldehydes is 1. The summed E-state index contributed by atoms with van der Waals surface area (Å²) in [5.74, 6) is -0.352. The number of carbonyl (C=O) groups is 2. The highest BCUT2D eigenvalue weighted by molar-refractivity contribution is 7.79. The van der Waals surface area contributed by atoms with Crippen molar-refractivity contribution in [2.24, 2.45) is 0 Å². The van der Waals surface area contributed by atoms with Crippen LogP contribution in [-0.4, -0.2) is 37.7 Å². The first kappa shape index (κ1) is 15.0. The lowest BCUT2D eigenvalue weighted by Gasteiger charge is -2.11. The number of hydrogen-bond acceptors (Lipinski definition) is 4. The van der Waals surface area contributed by atoms with Crippen LogP contribution in [0.1, 0.15) is 5.56 Å². The van der Waals surface area contributed by atoms with Crippen molar-refractivity contribution in [1.82, 2.24) is 5.32 Å². The van der Waals surface area contributed by atoms with Crippen LogP contribution < -0.4 is 10.2 Å². The molecule has 100 valence electrons. The SMILES string of the molecule is CN(C)c1ccc(/C=C/C(=O)N[C@@H](C=O)C=S)cc1. The third-order valence-corrected chi connectivity index (χ3v) is 2.73. The molecule has 1 atom stereocenters. The summed E-state index contributed by atoms with van der Waals surface area (Å²) >= 11 is 4.61. The van der Waals surface area contributed by atoms with Crippen molar-refractivity contribution in [3.05, 3.63) is 35.9 Å². The molecule has 0 aliphatic rings. The van der Waals surface area contributed by atoms with E-state index in [0.29, 0.717) is 6.29 Å². The highest BCUT2D eigenvalue weighted by Gasteiger charge is 2.04. The fraction of sp³-hybridized carbons (Fsp3) is 0.214. The topological polar surface area (TPSA) is 49.4 Å². The molecule has 0 radical (unpaired) electrons. The number of rotatable bonds is 6. The van der Waals surface area contributed by atoms with Gasteiger partial charge in [0.05, 0.1) is 0 Å². The number of carbonyl (C=O) groups excluding carboxylic acids is 2. The molecule has 0 aliphatic heterocycles. The molecule has 1 rings (SSSR count). The molecule has 5 heteroatoms. The Hall–Kier alpha value is -2.01. The number of benzene rings is 1. The number of amides is 1. The molecule has 0 spiro atoms. The summed E-state index contributed by atoms with van der Waals surface area (Å²) in [7, 11) is 3.92.